The second-order valence-corrected chi connectivity index (χ2v) is 5.43. The van der Waals surface area contributed by atoms with E-state index in [-0.39, 0.29) is 24.0 Å². The SMILES string of the molecule is COC[C@@H]1[C@H](NC(=O)c2cnc(C)nc2)[C@H]2CCO[C@H]21. The summed E-state index contributed by atoms with van der Waals surface area (Å²) in [7, 11) is 1.68. The van der Waals surface area contributed by atoms with Crippen LogP contribution in [-0.4, -0.2) is 48.3 Å². The van der Waals surface area contributed by atoms with Crippen LogP contribution in [0.25, 0.3) is 0 Å². The van der Waals surface area contributed by atoms with E-state index in [1.54, 1.807) is 26.4 Å². The van der Waals surface area contributed by atoms with E-state index < -0.39 is 0 Å². The number of ether oxygens (including phenoxy) is 2. The first-order chi connectivity index (χ1) is 9.70. The molecular formula is C14H19N3O3. The van der Waals surface area contributed by atoms with Crippen LogP contribution in [0.2, 0.25) is 0 Å². The van der Waals surface area contributed by atoms with Gasteiger partial charge in [-0.05, 0) is 13.3 Å². The molecule has 3 rings (SSSR count). The number of nitrogens with one attached hydrogen (secondary N) is 1. The minimum absolute atomic E-state index is 0.122. The summed E-state index contributed by atoms with van der Waals surface area (Å²) in [5.41, 5.74) is 0.495. The molecule has 1 aliphatic carbocycles. The Kier molecular flexibility index (Phi) is 3.67. The molecule has 1 aromatic rings. The van der Waals surface area contributed by atoms with Gasteiger partial charge in [0.2, 0.25) is 0 Å². The average Bonchev–Trinajstić information content (AvgIpc) is 2.87. The number of aryl methyl sites for hydroxylation is 1. The smallest absolute Gasteiger partial charge is 0.254 e. The van der Waals surface area contributed by atoms with Gasteiger partial charge in [-0.2, -0.15) is 0 Å². The van der Waals surface area contributed by atoms with Crippen molar-refractivity contribution in [1.82, 2.24) is 15.3 Å². The van der Waals surface area contributed by atoms with Crippen molar-refractivity contribution in [2.75, 3.05) is 20.3 Å². The molecule has 6 nitrogen and oxygen atoms in total. The molecule has 1 aliphatic heterocycles. The molecule has 1 amide bonds. The van der Waals surface area contributed by atoms with Gasteiger partial charge < -0.3 is 14.8 Å². The Morgan fingerprint density at radius 1 is 1.50 bits per heavy atom. The van der Waals surface area contributed by atoms with Crippen molar-refractivity contribution in [2.24, 2.45) is 11.8 Å². The van der Waals surface area contributed by atoms with Crippen LogP contribution in [0.4, 0.5) is 0 Å². The molecule has 0 unspecified atom stereocenters. The fraction of sp³-hybridized carbons (Fsp3) is 0.643. The van der Waals surface area contributed by atoms with Crippen LogP contribution in [0.5, 0.6) is 0 Å². The molecule has 0 bridgehead atoms. The first kappa shape index (κ1) is 13.5. The highest BCUT2D eigenvalue weighted by Gasteiger charge is 2.54. The van der Waals surface area contributed by atoms with E-state index in [0.29, 0.717) is 23.9 Å². The van der Waals surface area contributed by atoms with E-state index in [0.717, 1.165) is 13.0 Å². The van der Waals surface area contributed by atoms with Gasteiger partial charge in [-0.25, -0.2) is 9.97 Å². The number of amides is 1. The molecule has 2 heterocycles. The van der Waals surface area contributed by atoms with Crippen molar-refractivity contribution in [2.45, 2.75) is 25.5 Å². The lowest BCUT2D eigenvalue weighted by atomic mass is 9.67. The molecule has 1 saturated carbocycles. The van der Waals surface area contributed by atoms with Gasteiger partial charge in [0.25, 0.3) is 5.91 Å². The van der Waals surface area contributed by atoms with Crippen LogP contribution in [0.1, 0.15) is 22.6 Å². The topological polar surface area (TPSA) is 73.3 Å². The maximum Gasteiger partial charge on any atom is 0.254 e. The molecule has 0 spiro atoms. The fourth-order valence-electron chi connectivity index (χ4n) is 3.18. The summed E-state index contributed by atoms with van der Waals surface area (Å²) in [4.78, 5) is 20.3. The van der Waals surface area contributed by atoms with Gasteiger partial charge >= 0.3 is 0 Å². The number of methoxy groups -OCH3 is 1. The average molecular weight is 277 g/mol. The third kappa shape index (κ3) is 2.29. The second kappa shape index (κ2) is 5.46. The first-order valence-electron chi connectivity index (χ1n) is 6.90. The highest BCUT2D eigenvalue weighted by molar-refractivity contribution is 5.93. The largest absolute Gasteiger partial charge is 0.384 e. The number of aromatic nitrogens is 2. The van der Waals surface area contributed by atoms with Crippen LogP contribution in [0.3, 0.4) is 0 Å². The predicted molar refractivity (Wildman–Crippen MR) is 71.2 cm³/mol. The summed E-state index contributed by atoms with van der Waals surface area (Å²) >= 11 is 0. The lowest BCUT2D eigenvalue weighted by Gasteiger charge is -2.47. The number of carbonyl (C=O) groups excluding carboxylic acids is 1. The summed E-state index contributed by atoms with van der Waals surface area (Å²) < 4.78 is 10.9. The van der Waals surface area contributed by atoms with E-state index in [1.807, 2.05) is 0 Å². The molecule has 1 N–H and O–H groups in total. The van der Waals surface area contributed by atoms with E-state index in [4.69, 9.17) is 9.47 Å². The molecule has 20 heavy (non-hydrogen) atoms. The van der Waals surface area contributed by atoms with Crippen molar-refractivity contribution < 1.29 is 14.3 Å². The molecule has 0 radical (unpaired) electrons. The Bertz CT molecular complexity index is 491. The zero-order chi connectivity index (χ0) is 14.1. The van der Waals surface area contributed by atoms with Crippen LogP contribution >= 0.6 is 0 Å². The molecule has 108 valence electrons. The third-order valence-corrected chi connectivity index (χ3v) is 4.23. The van der Waals surface area contributed by atoms with Gasteiger partial charge in [0.1, 0.15) is 5.82 Å². The molecule has 0 aromatic carbocycles. The van der Waals surface area contributed by atoms with Crippen LogP contribution in [0, 0.1) is 18.8 Å². The molecule has 4 atom stereocenters. The Hall–Kier alpha value is -1.53. The van der Waals surface area contributed by atoms with Crippen LogP contribution in [-0.2, 0) is 9.47 Å². The fourth-order valence-corrected chi connectivity index (χ4v) is 3.18. The van der Waals surface area contributed by atoms with Gasteiger partial charge in [0, 0.05) is 44.0 Å². The van der Waals surface area contributed by atoms with E-state index in [9.17, 15) is 4.79 Å². The van der Waals surface area contributed by atoms with Gasteiger partial charge in [-0.1, -0.05) is 0 Å². The lowest BCUT2D eigenvalue weighted by molar-refractivity contribution is -0.0809. The van der Waals surface area contributed by atoms with Crippen molar-refractivity contribution in [1.29, 1.82) is 0 Å². The Balaban J connectivity index is 1.67. The zero-order valence-electron chi connectivity index (χ0n) is 11.7. The van der Waals surface area contributed by atoms with Gasteiger partial charge in [0.05, 0.1) is 18.3 Å². The van der Waals surface area contributed by atoms with Gasteiger partial charge in [0.15, 0.2) is 0 Å². The number of hydrogen-bond donors (Lipinski definition) is 1. The highest BCUT2D eigenvalue weighted by atomic mass is 16.5. The minimum Gasteiger partial charge on any atom is -0.384 e. The third-order valence-electron chi connectivity index (χ3n) is 4.23. The number of nitrogens with zero attached hydrogens (tertiary/aromatic N) is 2. The standard InChI is InChI=1S/C14H19N3O3/c1-8-15-5-9(6-16-8)14(18)17-12-10-3-4-20-13(10)11(12)7-19-2/h5-6,10-13H,3-4,7H2,1-2H3,(H,17,18)/t10-,11-,12-,13-/m1/s1. The number of fused-ring (bicyclic) bond motifs is 1. The monoisotopic (exact) mass is 277 g/mol. The Labute approximate surface area is 117 Å². The van der Waals surface area contributed by atoms with E-state index >= 15 is 0 Å². The maximum atomic E-state index is 12.2. The van der Waals surface area contributed by atoms with Crippen molar-refractivity contribution in [3.05, 3.63) is 23.8 Å². The predicted octanol–water partition coefficient (Wildman–Crippen LogP) is 0.565. The molecular weight excluding hydrogens is 258 g/mol. The summed E-state index contributed by atoms with van der Waals surface area (Å²) in [6, 6.07) is 0.122. The highest BCUT2D eigenvalue weighted by Crippen LogP contribution is 2.43. The quantitative estimate of drug-likeness (QED) is 0.870. The molecule has 6 heteroatoms. The first-order valence-corrected chi connectivity index (χ1v) is 6.90. The molecule has 2 aliphatic rings. The number of carbonyl (C=O) groups is 1. The number of hydrogen-bond acceptors (Lipinski definition) is 5. The molecule has 1 aromatic heterocycles. The van der Waals surface area contributed by atoms with Gasteiger partial charge in [-0.3, -0.25) is 4.79 Å². The second-order valence-electron chi connectivity index (χ2n) is 5.43. The van der Waals surface area contributed by atoms with Crippen molar-refractivity contribution in [3.8, 4) is 0 Å². The normalized spacial score (nSPS) is 31.5. The maximum absolute atomic E-state index is 12.2. The summed E-state index contributed by atoms with van der Waals surface area (Å²) in [6.07, 6.45) is 4.35. The summed E-state index contributed by atoms with van der Waals surface area (Å²) in [5.74, 6) is 1.18. The van der Waals surface area contributed by atoms with E-state index in [1.165, 1.54) is 0 Å². The summed E-state index contributed by atoms with van der Waals surface area (Å²) in [6.45, 7) is 3.18. The zero-order valence-corrected chi connectivity index (χ0v) is 11.7. The van der Waals surface area contributed by atoms with Crippen LogP contribution < -0.4 is 5.32 Å². The lowest BCUT2D eigenvalue weighted by Crippen LogP contribution is -2.62. The number of rotatable bonds is 4. The Morgan fingerprint density at radius 2 is 2.25 bits per heavy atom. The molecule has 1 saturated heterocycles. The summed E-state index contributed by atoms with van der Waals surface area (Å²) in [5, 5.41) is 3.08. The minimum atomic E-state index is -0.124. The van der Waals surface area contributed by atoms with Crippen molar-refractivity contribution >= 4 is 5.91 Å². The van der Waals surface area contributed by atoms with Gasteiger partial charge in [-0.15, -0.1) is 0 Å². The van der Waals surface area contributed by atoms with Crippen molar-refractivity contribution in [3.63, 3.8) is 0 Å². The van der Waals surface area contributed by atoms with E-state index in [2.05, 4.69) is 15.3 Å². The van der Waals surface area contributed by atoms with Crippen LogP contribution in [0.15, 0.2) is 12.4 Å². The molecule has 2 fully saturated rings. The Morgan fingerprint density at radius 3 is 2.95 bits per heavy atom.